The lowest BCUT2D eigenvalue weighted by Gasteiger charge is -2.28. The van der Waals surface area contributed by atoms with Crippen LogP contribution in [0.5, 0.6) is 5.75 Å². The van der Waals surface area contributed by atoms with Gasteiger partial charge in [0, 0.05) is 11.1 Å². The molecule has 78 valence electrons. The van der Waals surface area contributed by atoms with E-state index in [1.165, 1.54) is 0 Å². The van der Waals surface area contributed by atoms with Crippen molar-refractivity contribution in [3.63, 3.8) is 0 Å². The highest BCUT2D eigenvalue weighted by atomic mass is 16.5. The molecule has 1 aromatic rings. The molecule has 15 heavy (non-hydrogen) atoms. The van der Waals surface area contributed by atoms with E-state index in [1.54, 1.807) is 6.92 Å². The van der Waals surface area contributed by atoms with Gasteiger partial charge in [0.05, 0.1) is 0 Å². The molecule has 0 bridgehead atoms. The average molecular weight is 202 g/mol. The zero-order chi connectivity index (χ0) is 11.1. The molecule has 0 aromatic heterocycles. The van der Waals surface area contributed by atoms with Crippen LogP contribution in [0.25, 0.3) is 6.08 Å². The van der Waals surface area contributed by atoms with E-state index in [-0.39, 0.29) is 11.4 Å². The fourth-order valence-corrected chi connectivity index (χ4v) is 1.71. The van der Waals surface area contributed by atoms with Gasteiger partial charge in [0.2, 0.25) is 0 Å². The molecule has 1 aliphatic heterocycles. The Bertz CT molecular complexity index is 442. The number of hydrogen-bond donors (Lipinski definition) is 0. The largest absolute Gasteiger partial charge is 0.483 e. The van der Waals surface area contributed by atoms with Crippen LogP contribution >= 0.6 is 0 Å². The maximum Gasteiger partial charge on any atom is 0.160 e. The summed E-state index contributed by atoms with van der Waals surface area (Å²) < 4.78 is 5.77. The summed E-state index contributed by atoms with van der Waals surface area (Å²) in [6.07, 6.45) is 3.94. The lowest BCUT2D eigenvalue weighted by atomic mass is 9.97. The van der Waals surface area contributed by atoms with Gasteiger partial charge in [0.1, 0.15) is 11.4 Å². The molecule has 2 nitrogen and oxygen atoms in total. The summed E-state index contributed by atoms with van der Waals surface area (Å²) in [5.41, 5.74) is 1.33. The van der Waals surface area contributed by atoms with Crippen LogP contribution in [0.15, 0.2) is 24.3 Å². The average Bonchev–Trinajstić information content (AvgIpc) is 2.14. The van der Waals surface area contributed by atoms with Gasteiger partial charge < -0.3 is 4.74 Å². The third-order valence-electron chi connectivity index (χ3n) is 2.47. The van der Waals surface area contributed by atoms with Gasteiger partial charge in [-0.3, -0.25) is 4.79 Å². The standard InChI is InChI=1S/C13H14O2/c1-9(14)10-5-4-6-12-11(10)7-8-13(2,3)15-12/h4-8H,1-3H3. The van der Waals surface area contributed by atoms with E-state index in [4.69, 9.17) is 4.74 Å². The number of carbonyl (C=O) groups excluding carboxylic acids is 1. The SMILES string of the molecule is CC(=O)c1cccc2c1C=CC(C)(C)O2. The molecule has 0 saturated heterocycles. The number of hydrogen-bond acceptors (Lipinski definition) is 2. The first-order valence-electron chi connectivity index (χ1n) is 5.02. The Balaban J connectivity index is 2.56. The summed E-state index contributed by atoms with van der Waals surface area (Å²) in [4.78, 5) is 11.4. The highest BCUT2D eigenvalue weighted by Gasteiger charge is 2.23. The number of benzene rings is 1. The van der Waals surface area contributed by atoms with Gasteiger partial charge in [-0.2, -0.15) is 0 Å². The summed E-state index contributed by atoms with van der Waals surface area (Å²) in [5, 5.41) is 0. The van der Waals surface area contributed by atoms with Crippen molar-refractivity contribution in [3.8, 4) is 5.75 Å². The molecule has 0 amide bonds. The fourth-order valence-electron chi connectivity index (χ4n) is 1.71. The molecule has 2 heteroatoms. The highest BCUT2D eigenvalue weighted by Crippen LogP contribution is 2.32. The normalized spacial score (nSPS) is 16.7. The molecule has 0 radical (unpaired) electrons. The lowest BCUT2D eigenvalue weighted by Crippen LogP contribution is -2.27. The molecule has 1 aromatic carbocycles. The molecule has 0 N–H and O–H groups in total. The maximum absolute atomic E-state index is 11.4. The molecule has 0 fully saturated rings. The number of ether oxygens (including phenoxy) is 1. The predicted molar refractivity (Wildman–Crippen MR) is 60.2 cm³/mol. The number of rotatable bonds is 1. The van der Waals surface area contributed by atoms with Crippen LogP contribution in [0.4, 0.5) is 0 Å². The van der Waals surface area contributed by atoms with Gasteiger partial charge in [-0.05, 0) is 32.9 Å². The number of fused-ring (bicyclic) bond motifs is 1. The van der Waals surface area contributed by atoms with Crippen LogP contribution < -0.4 is 4.74 Å². The fraction of sp³-hybridized carbons (Fsp3) is 0.308. The van der Waals surface area contributed by atoms with Gasteiger partial charge in [-0.25, -0.2) is 0 Å². The van der Waals surface area contributed by atoms with E-state index >= 15 is 0 Å². The molecular formula is C13H14O2. The molecule has 0 spiro atoms. The van der Waals surface area contributed by atoms with Gasteiger partial charge >= 0.3 is 0 Å². The van der Waals surface area contributed by atoms with E-state index in [0.29, 0.717) is 0 Å². The molecule has 0 saturated carbocycles. The number of carbonyl (C=O) groups is 1. The van der Waals surface area contributed by atoms with Gasteiger partial charge in [-0.15, -0.1) is 0 Å². The van der Waals surface area contributed by atoms with E-state index in [1.807, 2.05) is 44.2 Å². The summed E-state index contributed by atoms with van der Waals surface area (Å²) in [6.45, 7) is 5.56. The van der Waals surface area contributed by atoms with Gasteiger partial charge in [0.15, 0.2) is 5.78 Å². The Labute approximate surface area is 89.6 Å². The van der Waals surface area contributed by atoms with Crippen molar-refractivity contribution in [1.82, 2.24) is 0 Å². The van der Waals surface area contributed by atoms with E-state index < -0.39 is 0 Å². The van der Waals surface area contributed by atoms with Crippen molar-refractivity contribution in [3.05, 3.63) is 35.4 Å². The summed E-state index contributed by atoms with van der Waals surface area (Å²) in [7, 11) is 0. The highest BCUT2D eigenvalue weighted by molar-refractivity contribution is 5.98. The molecule has 1 aliphatic rings. The first-order chi connectivity index (χ1) is 6.99. The minimum absolute atomic E-state index is 0.0693. The molecule has 0 aliphatic carbocycles. The van der Waals surface area contributed by atoms with Crippen LogP contribution in [0.2, 0.25) is 0 Å². The molecule has 0 atom stereocenters. The lowest BCUT2D eigenvalue weighted by molar-refractivity contribution is 0.101. The smallest absolute Gasteiger partial charge is 0.160 e. The third kappa shape index (κ3) is 1.80. The van der Waals surface area contributed by atoms with E-state index in [9.17, 15) is 4.79 Å². The molecular weight excluding hydrogens is 188 g/mol. The predicted octanol–water partition coefficient (Wildman–Crippen LogP) is 3.07. The summed E-state index contributed by atoms with van der Waals surface area (Å²) in [5.74, 6) is 0.856. The minimum atomic E-state index is -0.289. The summed E-state index contributed by atoms with van der Waals surface area (Å²) in [6, 6.07) is 5.57. The van der Waals surface area contributed by atoms with Crippen LogP contribution in [0.3, 0.4) is 0 Å². The Hall–Kier alpha value is -1.57. The van der Waals surface area contributed by atoms with E-state index in [0.717, 1.165) is 16.9 Å². The maximum atomic E-state index is 11.4. The molecule has 0 unspecified atom stereocenters. The molecule has 1 heterocycles. The zero-order valence-corrected chi connectivity index (χ0v) is 9.20. The van der Waals surface area contributed by atoms with Crippen LogP contribution in [0.1, 0.15) is 36.7 Å². The van der Waals surface area contributed by atoms with Crippen molar-refractivity contribution < 1.29 is 9.53 Å². The van der Waals surface area contributed by atoms with Crippen LogP contribution in [-0.4, -0.2) is 11.4 Å². The second-order valence-electron chi connectivity index (χ2n) is 4.31. The Morgan fingerprint density at radius 3 is 2.73 bits per heavy atom. The third-order valence-corrected chi connectivity index (χ3v) is 2.47. The quantitative estimate of drug-likeness (QED) is 0.654. The second kappa shape index (κ2) is 3.23. The summed E-state index contributed by atoms with van der Waals surface area (Å²) >= 11 is 0. The second-order valence-corrected chi connectivity index (χ2v) is 4.31. The number of Topliss-reactive ketones (excluding diaryl/α,β-unsaturated/α-hetero) is 1. The first-order valence-corrected chi connectivity index (χ1v) is 5.02. The van der Waals surface area contributed by atoms with Crippen molar-refractivity contribution >= 4 is 11.9 Å². The zero-order valence-electron chi connectivity index (χ0n) is 9.20. The van der Waals surface area contributed by atoms with Gasteiger partial charge in [0.25, 0.3) is 0 Å². The first kappa shape index (κ1) is 9.97. The van der Waals surface area contributed by atoms with Crippen molar-refractivity contribution in [2.45, 2.75) is 26.4 Å². The van der Waals surface area contributed by atoms with Crippen molar-refractivity contribution in [1.29, 1.82) is 0 Å². The molecule has 2 rings (SSSR count). The van der Waals surface area contributed by atoms with Crippen LogP contribution in [-0.2, 0) is 0 Å². The Morgan fingerprint density at radius 1 is 1.33 bits per heavy atom. The van der Waals surface area contributed by atoms with Gasteiger partial charge in [-0.1, -0.05) is 18.2 Å². The number of ketones is 1. The Kier molecular flexibility index (Phi) is 2.14. The Morgan fingerprint density at radius 2 is 2.07 bits per heavy atom. The van der Waals surface area contributed by atoms with Crippen molar-refractivity contribution in [2.24, 2.45) is 0 Å². The van der Waals surface area contributed by atoms with E-state index in [2.05, 4.69) is 0 Å². The van der Waals surface area contributed by atoms with Crippen LogP contribution in [0, 0.1) is 0 Å². The monoisotopic (exact) mass is 202 g/mol. The minimum Gasteiger partial charge on any atom is -0.483 e. The topological polar surface area (TPSA) is 26.3 Å². The van der Waals surface area contributed by atoms with Crippen molar-refractivity contribution in [2.75, 3.05) is 0 Å².